The van der Waals surface area contributed by atoms with Crippen LogP contribution in [0, 0.1) is 0 Å². The van der Waals surface area contributed by atoms with Gasteiger partial charge in [-0.05, 0) is 37.1 Å². The smallest absolute Gasteiger partial charge is 0.253 e. The maximum Gasteiger partial charge on any atom is 0.253 e. The summed E-state index contributed by atoms with van der Waals surface area (Å²) in [6, 6.07) is 11.5. The van der Waals surface area contributed by atoms with E-state index in [0.717, 1.165) is 39.4 Å². The Morgan fingerprint density at radius 2 is 2.26 bits per heavy atom. The molecule has 0 spiro atoms. The van der Waals surface area contributed by atoms with Crippen LogP contribution in [0.5, 0.6) is 0 Å². The van der Waals surface area contributed by atoms with Crippen molar-refractivity contribution in [3.63, 3.8) is 0 Å². The fourth-order valence-corrected chi connectivity index (χ4v) is 3.53. The summed E-state index contributed by atoms with van der Waals surface area (Å²) >= 11 is 1.54. The third-order valence-electron chi connectivity index (χ3n) is 3.77. The molecule has 6 heteroatoms. The number of thiazole rings is 1. The number of aromatic nitrogens is 2. The third-order valence-corrected chi connectivity index (χ3v) is 4.79. The fourth-order valence-electron chi connectivity index (χ4n) is 2.63. The molecule has 4 rings (SSSR count). The second kappa shape index (κ2) is 6.06. The minimum Gasteiger partial charge on any atom is -0.368 e. The molecule has 0 radical (unpaired) electrons. The molecule has 5 nitrogen and oxygen atoms in total. The number of anilines is 1. The van der Waals surface area contributed by atoms with Crippen molar-refractivity contribution in [2.45, 2.75) is 18.9 Å². The van der Waals surface area contributed by atoms with E-state index in [1.165, 1.54) is 0 Å². The highest BCUT2D eigenvalue weighted by Gasteiger charge is 2.23. The van der Waals surface area contributed by atoms with Gasteiger partial charge in [0.05, 0.1) is 0 Å². The molecule has 3 aromatic rings. The first-order valence-corrected chi connectivity index (χ1v) is 8.36. The van der Waals surface area contributed by atoms with E-state index < -0.39 is 0 Å². The monoisotopic (exact) mass is 325 g/mol. The normalized spacial score (nSPS) is 17.5. The number of carbonyl (C=O) groups excluding carboxylic acids is 1. The lowest BCUT2D eigenvalue weighted by atomic mass is 10.2. The van der Waals surface area contributed by atoms with E-state index >= 15 is 0 Å². The van der Waals surface area contributed by atoms with Crippen LogP contribution in [0.1, 0.15) is 12.8 Å². The molecule has 3 heterocycles. The zero-order valence-electron chi connectivity index (χ0n) is 12.4. The predicted octanol–water partition coefficient (Wildman–Crippen LogP) is 3.48. The van der Waals surface area contributed by atoms with Gasteiger partial charge in [0.15, 0.2) is 0 Å². The Bertz CT molecular complexity index is 823. The number of pyridine rings is 1. The number of hydrogen-bond donors (Lipinski definition) is 1. The fraction of sp³-hybridized carbons (Fsp3) is 0.235. The number of benzene rings is 1. The van der Waals surface area contributed by atoms with Gasteiger partial charge in [0.1, 0.15) is 21.5 Å². The number of amides is 1. The highest BCUT2D eigenvalue weighted by atomic mass is 32.1. The summed E-state index contributed by atoms with van der Waals surface area (Å²) in [7, 11) is 0. The standard InChI is InChI=1S/C17H15N3O2S/c21-15(14-7-3-9-22-14)19-12-5-1-4-11(10-12)16-20-13-6-2-8-18-17(13)23-16/h1-2,4-6,8,10,14H,3,7,9H2,(H,19,21)/t14-/m0/s1. The van der Waals surface area contributed by atoms with Crippen molar-refractivity contribution in [2.24, 2.45) is 0 Å². The molecule has 0 unspecified atom stereocenters. The number of rotatable bonds is 3. The molecule has 1 aliphatic rings. The highest BCUT2D eigenvalue weighted by molar-refractivity contribution is 7.21. The summed E-state index contributed by atoms with van der Waals surface area (Å²) in [4.78, 5) is 22.0. The average Bonchev–Trinajstić information content (AvgIpc) is 3.24. The number of nitrogens with one attached hydrogen (secondary N) is 1. The molecule has 23 heavy (non-hydrogen) atoms. The lowest BCUT2D eigenvalue weighted by Gasteiger charge is -2.10. The van der Waals surface area contributed by atoms with Crippen LogP contribution < -0.4 is 5.32 Å². The third kappa shape index (κ3) is 2.95. The van der Waals surface area contributed by atoms with Crippen LogP contribution in [0.2, 0.25) is 0 Å². The second-order valence-corrected chi connectivity index (χ2v) is 6.40. The topological polar surface area (TPSA) is 64.1 Å². The summed E-state index contributed by atoms with van der Waals surface area (Å²) in [6.45, 7) is 0.664. The number of nitrogens with zero attached hydrogens (tertiary/aromatic N) is 2. The van der Waals surface area contributed by atoms with E-state index in [2.05, 4.69) is 15.3 Å². The van der Waals surface area contributed by atoms with Gasteiger partial charge in [-0.3, -0.25) is 4.79 Å². The average molecular weight is 325 g/mol. The SMILES string of the molecule is O=C(Nc1cccc(-c2nc3cccnc3s2)c1)[C@@H]1CCCO1. The molecule has 0 bridgehead atoms. The molecule has 1 amide bonds. The van der Waals surface area contributed by atoms with Crippen LogP contribution in [0.4, 0.5) is 5.69 Å². The lowest BCUT2D eigenvalue weighted by molar-refractivity contribution is -0.124. The quantitative estimate of drug-likeness (QED) is 0.801. The predicted molar refractivity (Wildman–Crippen MR) is 90.5 cm³/mol. The summed E-state index contributed by atoms with van der Waals surface area (Å²) in [6.07, 6.45) is 3.17. The van der Waals surface area contributed by atoms with Crippen LogP contribution in [0.25, 0.3) is 20.9 Å². The van der Waals surface area contributed by atoms with Gasteiger partial charge in [-0.25, -0.2) is 9.97 Å². The molecule has 1 fully saturated rings. The van der Waals surface area contributed by atoms with Crippen LogP contribution in [-0.4, -0.2) is 28.6 Å². The molecule has 1 aliphatic heterocycles. The van der Waals surface area contributed by atoms with E-state index in [0.29, 0.717) is 6.61 Å². The van der Waals surface area contributed by atoms with Crippen molar-refractivity contribution >= 4 is 33.3 Å². The van der Waals surface area contributed by atoms with Gasteiger partial charge >= 0.3 is 0 Å². The van der Waals surface area contributed by atoms with E-state index in [9.17, 15) is 4.79 Å². The minimum atomic E-state index is -0.328. The maximum absolute atomic E-state index is 12.1. The first kappa shape index (κ1) is 14.3. The van der Waals surface area contributed by atoms with Crippen LogP contribution in [0.15, 0.2) is 42.6 Å². The van der Waals surface area contributed by atoms with Crippen molar-refractivity contribution < 1.29 is 9.53 Å². The van der Waals surface area contributed by atoms with Crippen molar-refractivity contribution in [2.75, 3.05) is 11.9 Å². The lowest BCUT2D eigenvalue weighted by Crippen LogP contribution is -2.26. The molecule has 1 N–H and O–H groups in total. The van der Waals surface area contributed by atoms with Gasteiger partial charge in [-0.2, -0.15) is 0 Å². The van der Waals surface area contributed by atoms with Crippen LogP contribution >= 0.6 is 11.3 Å². The maximum atomic E-state index is 12.1. The Kier molecular flexibility index (Phi) is 3.77. The Labute approximate surface area is 137 Å². The second-order valence-electron chi connectivity index (χ2n) is 5.42. The van der Waals surface area contributed by atoms with Gasteiger partial charge in [0, 0.05) is 24.1 Å². The molecule has 0 aliphatic carbocycles. The first-order chi connectivity index (χ1) is 11.3. The molecule has 1 aromatic carbocycles. The Morgan fingerprint density at radius 3 is 3.09 bits per heavy atom. The largest absolute Gasteiger partial charge is 0.368 e. The summed E-state index contributed by atoms with van der Waals surface area (Å²) in [5.74, 6) is -0.0781. The molecule has 1 saturated heterocycles. The summed E-state index contributed by atoms with van der Waals surface area (Å²) in [5.41, 5.74) is 2.62. The number of fused-ring (bicyclic) bond motifs is 1. The molecular weight excluding hydrogens is 310 g/mol. The van der Waals surface area contributed by atoms with Crippen molar-refractivity contribution in [1.29, 1.82) is 0 Å². The number of carbonyl (C=O) groups is 1. The van der Waals surface area contributed by atoms with Gasteiger partial charge in [-0.1, -0.05) is 23.5 Å². The van der Waals surface area contributed by atoms with Gasteiger partial charge in [0.25, 0.3) is 5.91 Å². The van der Waals surface area contributed by atoms with E-state index in [1.54, 1.807) is 17.5 Å². The molecular formula is C17H15N3O2S. The van der Waals surface area contributed by atoms with Crippen molar-refractivity contribution in [3.8, 4) is 10.6 Å². The highest BCUT2D eigenvalue weighted by Crippen LogP contribution is 2.30. The molecule has 0 saturated carbocycles. The Balaban J connectivity index is 1.59. The molecule has 2 aromatic heterocycles. The van der Waals surface area contributed by atoms with Gasteiger partial charge in [0.2, 0.25) is 0 Å². The van der Waals surface area contributed by atoms with Crippen molar-refractivity contribution in [1.82, 2.24) is 9.97 Å². The van der Waals surface area contributed by atoms with E-state index in [4.69, 9.17) is 4.74 Å². The Hall–Kier alpha value is -2.31. The van der Waals surface area contributed by atoms with E-state index in [1.807, 2.05) is 36.4 Å². The minimum absolute atomic E-state index is 0.0781. The van der Waals surface area contributed by atoms with Gasteiger partial charge in [-0.15, -0.1) is 0 Å². The summed E-state index contributed by atoms with van der Waals surface area (Å²) < 4.78 is 5.41. The molecule has 1 atom stereocenters. The van der Waals surface area contributed by atoms with Crippen LogP contribution in [-0.2, 0) is 9.53 Å². The van der Waals surface area contributed by atoms with Crippen molar-refractivity contribution in [3.05, 3.63) is 42.6 Å². The molecule has 116 valence electrons. The Morgan fingerprint density at radius 1 is 1.30 bits per heavy atom. The zero-order valence-corrected chi connectivity index (χ0v) is 13.2. The van der Waals surface area contributed by atoms with E-state index in [-0.39, 0.29) is 12.0 Å². The van der Waals surface area contributed by atoms with Crippen LogP contribution in [0.3, 0.4) is 0 Å². The number of ether oxygens (including phenoxy) is 1. The number of hydrogen-bond acceptors (Lipinski definition) is 5. The first-order valence-electron chi connectivity index (χ1n) is 7.54. The van der Waals surface area contributed by atoms with Gasteiger partial charge < -0.3 is 10.1 Å². The zero-order chi connectivity index (χ0) is 15.6. The summed E-state index contributed by atoms with van der Waals surface area (Å²) in [5, 5.41) is 3.82.